The minimum atomic E-state index is -0.271. The summed E-state index contributed by atoms with van der Waals surface area (Å²) in [5.74, 6) is 0.0182. The van der Waals surface area contributed by atoms with Gasteiger partial charge >= 0.3 is 0 Å². The number of nitrogens with one attached hydrogen (secondary N) is 1. The SMILES string of the molecule is O=C(COc1ccc(/C=C2\SC(=Nc3ccc(Cl)cc3)N(c3ccc(Cl)cc3)C2=O)cc1Br)Nc1ccccc1. The first-order chi connectivity index (χ1) is 19.4. The van der Waals surface area contributed by atoms with Crippen LogP contribution in [0.4, 0.5) is 17.1 Å². The first kappa shape index (κ1) is 28.0. The van der Waals surface area contributed by atoms with Gasteiger partial charge in [0.2, 0.25) is 0 Å². The summed E-state index contributed by atoms with van der Waals surface area (Å²) in [7, 11) is 0. The van der Waals surface area contributed by atoms with Gasteiger partial charge in [0.05, 0.1) is 20.8 Å². The molecular formula is C30H20BrCl2N3O3S. The third-order valence-electron chi connectivity index (χ3n) is 5.61. The Labute approximate surface area is 253 Å². The molecule has 1 heterocycles. The van der Waals surface area contributed by atoms with E-state index >= 15 is 0 Å². The summed E-state index contributed by atoms with van der Waals surface area (Å²) >= 11 is 16.9. The first-order valence-electron chi connectivity index (χ1n) is 12.0. The van der Waals surface area contributed by atoms with E-state index in [0.717, 1.165) is 5.56 Å². The third kappa shape index (κ3) is 6.95. The number of benzene rings is 4. The lowest BCUT2D eigenvalue weighted by molar-refractivity contribution is -0.118. The molecule has 1 fully saturated rings. The van der Waals surface area contributed by atoms with Crippen molar-refractivity contribution < 1.29 is 14.3 Å². The molecule has 0 atom stereocenters. The van der Waals surface area contributed by atoms with Gasteiger partial charge in [-0.25, -0.2) is 4.99 Å². The van der Waals surface area contributed by atoms with E-state index in [1.807, 2.05) is 30.3 Å². The number of ether oxygens (including phenoxy) is 1. The van der Waals surface area contributed by atoms with Gasteiger partial charge < -0.3 is 10.1 Å². The number of carbonyl (C=O) groups is 2. The van der Waals surface area contributed by atoms with Crippen molar-refractivity contribution in [3.8, 4) is 5.75 Å². The summed E-state index contributed by atoms with van der Waals surface area (Å²) in [5.41, 5.74) is 2.78. The van der Waals surface area contributed by atoms with Crippen molar-refractivity contribution in [2.75, 3.05) is 16.8 Å². The molecule has 1 aliphatic rings. The van der Waals surface area contributed by atoms with Crippen molar-refractivity contribution in [2.24, 2.45) is 4.99 Å². The lowest BCUT2D eigenvalue weighted by Gasteiger charge is -2.15. The number of hydrogen-bond donors (Lipinski definition) is 1. The lowest BCUT2D eigenvalue weighted by atomic mass is 10.2. The molecule has 40 heavy (non-hydrogen) atoms. The Kier molecular flexibility index (Phi) is 8.91. The summed E-state index contributed by atoms with van der Waals surface area (Å²) in [5, 5.41) is 4.46. The Morgan fingerprint density at radius 2 is 1.62 bits per heavy atom. The molecule has 0 unspecified atom stereocenters. The third-order valence-corrected chi connectivity index (χ3v) is 7.71. The van der Waals surface area contributed by atoms with Crippen molar-refractivity contribution in [1.82, 2.24) is 0 Å². The average Bonchev–Trinajstić information content (AvgIpc) is 3.24. The average molecular weight is 653 g/mol. The molecule has 0 aromatic heterocycles. The Morgan fingerprint density at radius 3 is 2.30 bits per heavy atom. The number of halogens is 3. The van der Waals surface area contributed by atoms with Gasteiger partial charge in [0.1, 0.15) is 5.75 Å². The van der Waals surface area contributed by atoms with Crippen molar-refractivity contribution in [3.05, 3.63) is 122 Å². The van der Waals surface area contributed by atoms with E-state index in [-0.39, 0.29) is 18.4 Å². The first-order valence-corrected chi connectivity index (χ1v) is 14.3. The number of aliphatic imine (C=N–C) groups is 1. The summed E-state index contributed by atoms with van der Waals surface area (Å²) in [6.07, 6.45) is 1.79. The molecule has 1 aliphatic heterocycles. The Balaban J connectivity index is 1.35. The van der Waals surface area contributed by atoms with Crippen LogP contribution in [0.25, 0.3) is 6.08 Å². The van der Waals surface area contributed by atoms with Crippen LogP contribution in [-0.2, 0) is 9.59 Å². The minimum Gasteiger partial charge on any atom is -0.483 e. The number of hydrogen-bond acceptors (Lipinski definition) is 5. The van der Waals surface area contributed by atoms with Gasteiger partial charge in [-0.1, -0.05) is 47.5 Å². The lowest BCUT2D eigenvalue weighted by Crippen LogP contribution is -2.28. The van der Waals surface area contributed by atoms with E-state index in [0.29, 0.717) is 47.4 Å². The molecule has 1 saturated heterocycles. The molecular weight excluding hydrogens is 633 g/mol. The van der Waals surface area contributed by atoms with Crippen LogP contribution in [0.1, 0.15) is 5.56 Å². The van der Waals surface area contributed by atoms with Crippen molar-refractivity contribution in [2.45, 2.75) is 0 Å². The summed E-state index contributed by atoms with van der Waals surface area (Å²) in [6, 6.07) is 28.6. The highest BCUT2D eigenvalue weighted by Gasteiger charge is 2.34. The molecule has 4 aromatic rings. The van der Waals surface area contributed by atoms with E-state index in [1.165, 1.54) is 11.8 Å². The van der Waals surface area contributed by atoms with Gasteiger partial charge in [-0.05, 0) is 112 Å². The Morgan fingerprint density at radius 1 is 0.950 bits per heavy atom. The van der Waals surface area contributed by atoms with E-state index in [2.05, 4.69) is 21.2 Å². The molecule has 2 amide bonds. The van der Waals surface area contributed by atoms with Crippen LogP contribution in [0.5, 0.6) is 5.75 Å². The van der Waals surface area contributed by atoms with Crippen LogP contribution in [0.3, 0.4) is 0 Å². The Hall–Kier alpha value is -3.56. The summed E-state index contributed by atoms with van der Waals surface area (Å²) in [4.78, 5) is 32.5. The van der Waals surface area contributed by atoms with Gasteiger partial charge in [0.15, 0.2) is 11.8 Å². The monoisotopic (exact) mass is 651 g/mol. The zero-order chi connectivity index (χ0) is 28.1. The highest BCUT2D eigenvalue weighted by molar-refractivity contribution is 9.10. The topological polar surface area (TPSA) is 71.0 Å². The second-order valence-corrected chi connectivity index (χ2v) is 11.2. The molecule has 0 radical (unpaired) electrons. The van der Waals surface area contributed by atoms with Crippen LogP contribution in [0.2, 0.25) is 10.0 Å². The standard InChI is InChI=1S/C30H20BrCl2N3O3S/c31-25-16-19(6-15-26(25)39-18-28(37)34-22-4-2-1-3-5-22)17-27-29(38)36(24-13-9-21(33)10-14-24)30(40-27)35-23-11-7-20(32)8-12-23/h1-17H,18H2,(H,34,37)/b27-17-,35-30?. The predicted molar refractivity (Wildman–Crippen MR) is 168 cm³/mol. The molecule has 5 rings (SSSR count). The number of rotatable bonds is 7. The number of carbonyl (C=O) groups excluding carboxylic acids is 2. The summed E-state index contributed by atoms with van der Waals surface area (Å²) in [6.45, 7) is -0.150. The fourth-order valence-corrected chi connectivity index (χ4v) is 5.49. The van der Waals surface area contributed by atoms with Gasteiger partial charge in [0, 0.05) is 15.7 Å². The molecule has 200 valence electrons. The van der Waals surface area contributed by atoms with Gasteiger partial charge in [-0.2, -0.15) is 0 Å². The van der Waals surface area contributed by atoms with Gasteiger partial charge in [0.25, 0.3) is 11.8 Å². The normalized spacial score (nSPS) is 15.1. The molecule has 4 aromatic carbocycles. The number of anilines is 2. The number of para-hydroxylation sites is 1. The fourth-order valence-electron chi connectivity index (χ4n) is 3.73. The second kappa shape index (κ2) is 12.7. The fraction of sp³-hybridized carbons (Fsp3) is 0.0333. The maximum atomic E-state index is 13.6. The molecule has 0 spiro atoms. The maximum Gasteiger partial charge on any atom is 0.271 e. The number of nitrogens with zero attached hydrogens (tertiary/aromatic N) is 2. The van der Waals surface area contributed by atoms with E-state index < -0.39 is 0 Å². The van der Waals surface area contributed by atoms with Crippen molar-refractivity contribution >= 4 is 91.0 Å². The van der Waals surface area contributed by atoms with E-state index in [4.69, 9.17) is 32.9 Å². The number of thioether (sulfide) groups is 1. The van der Waals surface area contributed by atoms with Crippen LogP contribution in [-0.4, -0.2) is 23.6 Å². The van der Waals surface area contributed by atoms with Crippen LogP contribution in [0.15, 0.2) is 111 Å². The molecule has 1 N–H and O–H groups in total. The van der Waals surface area contributed by atoms with E-state index in [1.54, 1.807) is 77.7 Å². The van der Waals surface area contributed by atoms with Crippen LogP contribution >= 0.6 is 50.9 Å². The predicted octanol–water partition coefficient (Wildman–Crippen LogP) is 8.58. The highest BCUT2D eigenvalue weighted by atomic mass is 79.9. The largest absolute Gasteiger partial charge is 0.483 e. The van der Waals surface area contributed by atoms with Crippen molar-refractivity contribution in [3.63, 3.8) is 0 Å². The summed E-state index contributed by atoms with van der Waals surface area (Å²) < 4.78 is 6.34. The number of amidine groups is 1. The van der Waals surface area contributed by atoms with Crippen molar-refractivity contribution in [1.29, 1.82) is 0 Å². The number of amides is 2. The quantitative estimate of drug-likeness (QED) is 0.203. The zero-order valence-corrected chi connectivity index (χ0v) is 24.6. The maximum absolute atomic E-state index is 13.6. The van der Waals surface area contributed by atoms with Gasteiger partial charge in [-0.3, -0.25) is 14.5 Å². The smallest absolute Gasteiger partial charge is 0.271 e. The minimum absolute atomic E-state index is 0.150. The molecule has 10 heteroatoms. The molecule has 0 saturated carbocycles. The molecule has 0 aliphatic carbocycles. The van der Waals surface area contributed by atoms with E-state index in [9.17, 15) is 9.59 Å². The van der Waals surface area contributed by atoms with Crippen LogP contribution in [0, 0.1) is 0 Å². The molecule has 6 nitrogen and oxygen atoms in total. The highest BCUT2D eigenvalue weighted by Crippen LogP contribution is 2.38. The zero-order valence-electron chi connectivity index (χ0n) is 20.7. The van der Waals surface area contributed by atoms with Gasteiger partial charge in [-0.15, -0.1) is 0 Å². The van der Waals surface area contributed by atoms with Crippen LogP contribution < -0.4 is 15.0 Å². The Bertz CT molecular complexity index is 1610. The molecule has 0 bridgehead atoms. The second-order valence-electron chi connectivity index (χ2n) is 8.49.